The van der Waals surface area contributed by atoms with Gasteiger partial charge in [0.25, 0.3) is 0 Å². The minimum atomic E-state index is -0.429. The SMILES string of the molecule is COC(=O)c1cccc(N)c1-c1ccnc2cc(Cl)ccc12. The highest BCUT2D eigenvalue weighted by atomic mass is 35.5. The Kier molecular flexibility index (Phi) is 3.69. The molecular weight excluding hydrogens is 300 g/mol. The molecule has 3 rings (SSSR count). The van der Waals surface area contributed by atoms with Gasteiger partial charge in [-0.3, -0.25) is 4.98 Å². The highest BCUT2D eigenvalue weighted by Crippen LogP contribution is 2.35. The standard InChI is InChI=1S/C17H13ClN2O2/c1-22-17(21)13-3-2-4-14(19)16(13)12-7-8-20-15-9-10(18)5-6-11(12)15/h2-9H,19H2,1H3. The first-order valence-corrected chi connectivity index (χ1v) is 7.01. The zero-order valence-corrected chi connectivity index (χ0v) is 12.6. The lowest BCUT2D eigenvalue weighted by molar-refractivity contribution is 0.0601. The van der Waals surface area contributed by atoms with Gasteiger partial charge in [0, 0.05) is 27.9 Å². The van der Waals surface area contributed by atoms with Crippen LogP contribution in [0.5, 0.6) is 0 Å². The number of nitrogen functional groups attached to an aromatic ring is 1. The number of pyridine rings is 1. The molecule has 2 N–H and O–H groups in total. The number of benzene rings is 2. The van der Waals surface area contributed by atoms with Crippen LogP contribution in [0.25, 0.3) is 22.0 Å². The van der Waals surface area contributed by atoms with Crippen LogP contribution in [-0.4, -0.2) is 18.1 Å². The number of hydrogen-bond donors (Lipinski definition) is 1. The number of hydrogen-bond acceptors (Lipinski definition) is 4. The summed E-state index contributed by atoms with van der Waals surface area (Å²) < 4.78 is 4.85. The van der Waals surface area contributed by atoms with Crippen LogP contribution in [0.2, 0.25) is 5.02 Å². The van der Waals surface area contributed by atoms with Crippen LogP contribution >= 0.6 is 11.6 Å². The van der Waals surface area contributed by atoms with E-state index in [0.717, 1.165) is 16.5 Å². The van der Waals surface area contributed by atoms with Crippen molar-refractivity contribution in [2.45, 2.75) is 0 Å². The molecule has 0 aliphatic rings. The molecule has 5 heteroatoms. The van der Waals surface area contributed by atoms with E-state index in [4.69, 9.17) is 22.1 Å². The average molecular weight is 313 g/mol. The van der Waals surface area contributed by atoms with E-state index in [2.05, 4.69) is 4.98 Å². The molecule has 2 aromatic carbocycles. The van der Waals surface area contributed by atoms with Gasteiger partial charge in [0.15, 0.2) is 0 Å². The van der Waals surface area contributed by atoms with Crippen molar-refractivity contribution in [1.82, 2.24) is 4.98 Å². The maximum Gasteiger partial charge on any atom is 0.338 e. The minimum absolute atomic E-state index is 0.421. The number of carbonyl (C=O) groups excluding carboxylic acids is 1. The van der Waals surface area contributed by atoms with E-state index >= 15 is 0 Å². The van der Waals surface area contributed by atoms with Crippen molar-refractivity contribution in [3.05, 3.63) is 59.2 Å². The molecule has 0 amide bonds. The first-order valence-electron chi connectivity index (χ1n) is 6.63. The van der Waals surface area contributed by atoms with Crippen molar-refractivity contribution in [3.8, 4) is 11.1 Å². The number of rotatable bonds is 2. The Hall–Kier alpha value is -2.59. The number of methoxy groups -OCH3 is 1. The summed E-state index contributed by atoms with van der Waals surface area (Å²) in [7, 11) is 1.35. The van der Waals surface area contributed by atoms with Crippen LogP contribution in [0.1, 0.15) is 10.4 Å². The Morgan fingerprint density at radius 3 is 2.82 bits per heavy atom. The minimum Gasteiger partial charge on any atom is -0.465 e. The monoisotopic (exact) mass is 312 g/mol. The van der Waals surface area contributed by atoms with Crippen LogP contribution in [-0.2, 0) is 4.74 Å². The lowest BCUT2D eigenvalue weighted by atomic mass is 9.95. The molecule has 1 aromatic heterocycles. The zero-order chi connectivity index (χ0) is 15.7. The fourth-order valence-corrected chi connectivity index (χ4v) is 2.66. The second kappa shape index (κ2) is 5.66. The molecule has 0 radical (unpaired) electrons. The normalized spacial score (nSPS) is 10.6. The summed E-state index contributed by atoms with van der Waals surface area (Å²) in [6, 6.07) is 12.4. The number of anilines is 1. The predicted molar refractivity (Wildman–Crippen MR) is 87.9 cm³/mol. The largest absolute Gasteiger partial charge is 0.465 e. The van der Waals surface area contributed by atoms with E-state index in [0.29, 0.717) is 21.8 Å². The van der Waals surface area contributed by atoms with Gasteiger partial charge >= 0.3 is 5.97 Å². The molecule has 0 bridgehead atoms. The summed E-state index contributed by atoms with van der Waals surface area (Å²) >= 11 is 6.01. The van der Waals surface area contributed by atoms with Crippen molar-refractivity contribution in [2.24, 2.45) is 0 Å². The molecule has 4 nitrogen and oxygen atoms in total. The molecule has 0 saturated carbocycles. The summed E-state index contributed by atoms with van der Waals surface area (Å²) in [5.41, 5.74) is 9.24. The van der Waals surface area contributed by atoms with Gasteiger partial charge in [-0.2, -0.15) is 0 Å². The smallest absolute Gasteiger partial charge is 0.338 e. The first-order chi connectivity index (χ1) is 10.6. The van der Waals surface area contributed by atoms with Gasteiger partial charge < -0.3 is 10.5 Å². The molecule has 110 valence electrons. The number of nitrogens with two attached hydrogens (primary N) is 1. The third-order valence-electron chi connectivity index (χ3n) is 3.48. The Morgan fingerprint density at radius 1 is 1.23 bits per heavy atom. The summed E-state index contributed by atoms with van der Waals surface area (Å²) in [6.07, 6.45) is 1.67. The van der Waals surface area contributed by atoms with Gasteiger partial charge in [-0.1, -0.05) is 23.7 Å². The number of esters is 1. The molecule has 0 atom stereocenters. The fourth-order valence-electron chi connectivity index (χ4n) is 2.49. The lowest BCUT2D eigenvalue weighted by Crippen LogP contribution is -2.06. The van der Waals surface area contributed by atoms with Crippen LogP contribution < -0.4 is 5.73 Å². The van der Waals surface area contributed by atoms with Gasteiger partial charge in [0.2, 0.25) is 0 Å². The molecule has 0 aliphatic heterocycles. The number of fused-ring (bicyclic) bond motifs is 1. The van der Waals surface area contributed by atoms with Gasteiger partial charge in [-0.25, -0.2) is 4.79 Å². The summed E-state index contributed by atoms with van der Waals surface area (Å²) in [4.78, 5) is 16.3. The van der Waals surface area contributed by atoms with E-state index in [1.165, 1.54) is 7.11 Å². The first kappa shape index (κ1) is 14.4. The average Bonchev–Trinajstić information content (AvgIpc) is 2.53. The van der Waals surface area contributed by atoms with Crippen molar-refractivity contribution in [3.63, 3.8) is 0 Å². The highest BCUT2D eigenvalue weighted by molar-refractivity contribution is 6.31. The van der Waals surface area contributed by atoms with E-state index in [-0.39, 0.29) is 0 Å². The fraction of sp³-hybridized carbons (Fsp3) is 0.0588. The number of ether oxygens (including phenoxy) is 1. The lowest BCUT2D eigenvalue weighted by Gasteiger charge is -2.13. The zero-order valence-electron chi connectivity index (χ0n) is 11.8. The number of carbonyl (C=O) groups is 1. The van der Waals surface area contributed by atoms with Gasteiger partial charge in [0.1, 0.15) is 0 Å². The molecule has 1 heterocycles. The van der Waals surface area contributed by atoms with Crippen LogP contribution in [0, 0.1) is 0 Å². The molecule has 0 saturated heterocycles. The predicted octanol–water partition coefficient (Wildman–Crippen LogP) is 3.92. The van der Waals surface area contributed by atoms with Crippen molar-refractivity contribution in [1.29, 1.82) is 0 Å². The molecule has 0 aliphatic carbocycles. The maximum absolute atomic E-state index is 12.0. The van der Waals surface area contributed by atoms with E-state index in [9.17, 15) is 4.79 Å². The number of aromatic nitrogens is 1. The van der Waals surface area contributed by atoms with Crippen molar-refractivity contribution < 1.29 is 9.53 Å². The van der Waals surface area contributed by atoms with E-state index < -0.39 is 5.97 Å². The topological polar surface area (TPSA) is 65.2 Å². The Morgan fingerprint density at radius 2 is 2.05 bits per heavy atom. The second-order valence-corrected chi connectivity index (χ2v) is 5.22. The van der Waals surface area contributed by atoms with Gasteiger partial charge in [-0.05, 0) is 35.9 Å². The Balaban J connectivity index is 2.35. The van der Waals surface area contributed by atoms with Crippen LogP contribution in [0.3, 0.4) is 0 Å². The molecule has 0 spiro atoms. The quantitative estimate of drug-likeness (QED) is 0.575. The highest BCUT2D eigenvalue weighted by Gasteiger charge is 2.17. The molecule has 3 aromatic rings. The Labute approximate surface area is 132 Å². The van der Waals surface area contributed by atoms with Gasteiger partial charge in [0.05, 0.1) is 18.2 Å². The summed E-state index contributed by atoms with van der Waals surface area (Å²) in [5, 5.41) is 1.47. The van der Waals surface area contributed by atoms with E-state index in [1.807, 2.05) is 12.1 Å². The molecular formula is C17H13ClN2O2. The summed E-state index contributed by atoms with van der Waals surface area (Å²) in [5.74, 6) is -0.429. The Bertz CT molecular complexity index is 878. The third kappa shape index (κ3) is 2.38. The van der Waals surface area contributed by atoms with E-state index in [1.54, 1.807) is 36.5 Å². The summed E-state index contributed by atoms with van der Waals surface area (Å²) in [6.45, 7) is 0. The third-order valence-corrected chi connectivity index (χ3v) is 3.71. The number of halogens is 1. The van der Waals surface area contributed by atoms with Crippen LogP contribution in [0.15, 0.2) is 48.7 Å². The molecule has 0 fully saturated rings. The second-order valence-electron chi connectivity index (χ2n) is 4.78. The van der Waals surface area contributed by atoms with Crippen LogP contribution in [0.4, 0.5) is 5.69 Å². The van der Waals surface area contributed by atoms with Crippen molar-refractivity contribution in [2.75, 3.05) is 12.8 Å². The molecule has 22 heavy (non-hydrogen) atoms. The van der Waals surface area contributed by atoms with Crippen molar-refractivity contribution >= 4 is 34.2 Å². The molecule has 0 unspecified atom stereocenters. The maximum atomic E-state index is 12.0. The van der Waals surface area contributed by atoms with Gasteiger partial charge in [-0.15, -0.1) is 0 Å². The number of nitrogens with zero attached hydrogens (tertiary/aromatic N) is 1.